The molecule has 0 aliphatic carbocycles. The average Bonchev–Trinajstić information content (AvgIpc) is 3.43. The fraction of sp³-hybridized carbons (Fsp3) is 0.200. The van der Waals surface area contributed by atoms with Gasteiger partial charge in [0.25, 0.3) is 5.91 Å². The van der Waals surface area contributed by atoms with Gasteiger partial charge in [0.2, 0.25) is 5.91 Å². The third-order valence-electron chi connectivity index (χ3n) is 6.07. The van der Waals surface area contributed by atoms with Crippen molar-refractivity contribution in [3.05, 3.63) is 83.1 Å². The molecule has 0 saturated heterocycles. The summed E-state index contributed by atoms with van der Waals surface area (Å²) in [5, 5.41) is 27.4. The number of carboxylic acid groups (broad SMARTS) is 1. The number of carbonyl (C=O) groups is 3. The van der Waals surface area contributed by atoms with Crippen LogP contribution in [0.5, 0.6) is 5.75 Å². The first kappa shape index (κ1) is 28.3. The molecule has 40 heavy (non-hydrogen) atoms. The second-order valence-corrected chi connectivity index (χ2v) is 11.0. The molecule has 2 aromatic carbocycles. The van der Waals surface area contributed by atoms with Crippen LogP contribution in [0.25, 0.3) is 22.4 Å². The molecule has 0 aliphatic rings. The van der Waals surface area contributed by atoms with E-state index in [2.05, 4.69) is 15.6 Å². The summed E-state index contributed by atoms with van der Waals surface area (Å²) in [7, 11) is 0. The minimum atomic E-state index is -1.08. The van der Waals surface area contributed by atoms with E-state index in [9.17, 15) is 24.6 Å². The Morgan fingerprint density at radius 3 is 2.38 bits per heavy atom. The Hall–Kier alpha value is -4.70. The maximum Gasteiger partial charge on any atom is 0.407 e. The van der Waals surface area contributed by atoms with E-state index >= 15 is 0 Å². The molecular formula is C30H30N4O5S. The van der Waals surface area contributed by atoms with Crippen LogP contribution in [-0.2, 0) is 4.79 Å². The lowest BCUT2D eigenvalue weighted by Crippen LogP contribution is -2.46. The van der Waals surface area contributed by atoms with Crippen molar-refractivity contribution in [3.63, 3.8) is 0 Å². The second-order valence-electron chi connectivity index (χ2n) is 10.1. The number of carbonyl (C=O) groups excluding carboxylic acids is 2. The highest BCUT2D eigenvalue weighted by atomic mass is 32.1. The van der Waals surface area contributed by atoms with Gasteiger partial charge in [0.15, 0.2) is 0 Å². The van der Waals surface area contributed by atoms with E-state index < -0.39 is 11.6 Å². The van der Waals surface area contributed by atoms with Crippen molar-refractivity contribution in [3.8, 4) is 28.1 Å². The normalized spacial score (nSPS) is 11.1. The molecule has 0 bridgehead atoms. The highest BCUT2D eigenvalue weighted by molar-refractivity contribution is 7.12. The van der Waals surface area contributed by atoms with Crippen molar-refractivity contribution in [2.75, 3.05) is 17.2 Å². The summed E-state index contributed by atoms with van der Waals surface area (Å²) in [5.74, 6) is -0.260. The lowest BCUT2D eigenvalue weighted by Gasteiger charge is -2.32. The second kappa shape index (κ2) is 12.0. The van der Waals surface area contributed by atoms with Crippen molar-refractivity contribution in [2.45, 2.75) is 32.7 Å². The van der Waals surface area contributed by atoms with E-state index in [4.69, 9.17) is 0 Å². The molecule has 0 saturated carbocycles. The van der Waals surface area contributed by atoms with Crippen molar-refractivity contribution in [1.29, 1.82) is 0 Å². The highest BCUT2D eigenvalue weighted by Crippen LogP contribution is 2.33. The molecule has 2 heterocycles. The van der Waals surface area contributed by atoms with Gasteiger partial charge in [-0.25, -0.2) is 9.78 Å². The Morgan fingerprint density at radius 1 is 0.925 bits per heavy atom. The van der Waals surface area contributed by atoms with Gasteiger partial charge in [-0.05, 0) is 79.7 Å². The number of hydrogen-bond donors (Lipinski definition) is 4. The van der Waals surface area contributed by atoms with Gasteiger partial charge >= 0.3 is 6.09 Å². The molecule has 4 N–H and O–H groups in total. The highest BCUT2D eigenvalue weighted by Gasteiger charge is 2.26. The van der Waals surface area contributed by atoms with Crippen LogP contribution in [-0.4, -0.2) is 50.1 Å². The van der Waals surface area contributed by atoms with Crippen molar-refractivity contribution >= 4 is 40.7 Å². The zero-order valence-corrected chi connectivity index (χ0v) is 23.2. The number of phenolic OH excluding ortho intramolecular Hbond substituents is 1. The van der Waals surface area contributed by atoms with Gasteiger partial charge in [0.05, 0.1) is 10.6 Å². The van der Waals surface area contributed by atoms with Gasteiger partial charge in [-0.3, -0.25) is 9.59 Å². The Kier molecular flexibility index (Phi) is 8.49. The molecule has 10 heteroatoms. The lowest BCUT2D eigenvalue weighted by atomic mass is 10.0. The van der Waals surface area contributed by atoms with Crippen LogP contribution in [0.15, 0.2) is 78.2 Å². The summed E-state index contributed by atoms with van der Waals surface area (Å²) in [6, 6.07) is 21.0. The van der Waals surface area contributed by atoms with E-state index in [0.717, 1.165) is 5.56 Å². The zero-order valence-electron chi connectivity index (χ0n) is 22.3. The summed E-state index contributed by atoms with van der Waals surface area (Å²) in [5.41, 5.74) is 2.31. The van der Waals surface area contributed by atoms with Crippen LogP contribution in [0.3, 0.4) is 0 Å². The van der Waals surface area contributed by atoms with Crippen LogP contribution in [0.4, 0.5) is 16.3 Å². The first-order valence-electron chi connectivity index (χ1n) is 12.6. The Balaban J connectivity index is 1.61. The van der Waals surface area contributed by atoms with Gasteiger partial charge in [0, 0.05) is 29.8 Å². The van der Waals surface area contributed by atoms with E-state index in [0.29, 0.717) is 33.2 Å². The SMILES string of the molecule is CC(C)(C)N(CCC(=O)Nc1cccc(-c2cc(NC(=O)c3cccs3)nc(-c3ccccc3O)c2)c1)C(=O)O. The number of pyridine rings is 1. The van der Waals surface area contributed by atoms with Crippen LogP contribution in [0.1, 0.15) is 36.9 Å². The molecular weight excluding hydrogens is 528 g/mol. The number of anilines is 2. The molecule has 0 unspecified atom stereocenters. The molecule has 0 atom stereocenters. The van der Waals surface area contributed by atoms with Gasteiger partial charge < -0.3 is 25.7 Å². The molecule has 0 aliphatic heterocycles. The largest absolute Gasteiger partial charge is 0.507 e. The Labute approximate surface area is 236 Å². The van der Waals surface area contributed by atoms with E-state index in [1.165, 1.54) is 16.2 Å². The summed E-state index contributed by atoms with van der Waals surface area (Å²) in [4.78, 5) is 43.3. The number of amides is 3. The molecule has 9 nitrogen and oxygen atoms in total. The third-order valence-corrected chi connectivity index (χ3v) is 6.94. The maximum absolute atomic E-state index is 12.7. The van der Waals surface area contributed by atoms with E-state index in [-0.39, 0.29) is 30.5 Å². The van der Waals surface area contributed by atoms with Crippen molar-refractivity contribution < 1.29 is 24.6 Å². The van der Waals surface area contributed by atoms with Crippen molar-refractivity contribution in [1.82, 2.24) is 9.88 Å². The first-order chi connectivity index (χ1) is 19.0. The molecule has 3 amide bonds. The molecule has 0 radical (unpaired) electrons. The van der Waals surface area contributed by atoms with Crippen LogP contribution in [0.2, 0.25) is 0 Å². The predicted octanol–water partition coefficient (Wildman–Crippen LogP) is 6.54. The number of aromatic nitrogens is 1. The van der Waals surface area contributed by atoms with Crippen LogP contribution >= 0.6 is 11.3 Å². The van der Waals surface area contributed by atoms with E-state index in [1.54, 1.807) is 87.5 Å². The molecule has 4 aromatic rings. The number of hydrogen-bond acceptors (Lipinski definition) is 6. The van der Waals surface area contributed by atoms with Crippen LogP contribution in [0, 0.1) is 0 Å². The third kappa shape index (κ3) is 7.03. The average molecular weight is 559 g/mol. The number of rotatable bonds is 8. The van der Waals surface area contributed by atoms with Gasteiger partial charge in [-0.2, -0.15) is 0 Å². The number of nitrogens with zero attached hydrogens (tertiary/aromatic N) is 2. The summed E-state index contributed by atoms with van der Waals surface area (Å²) in [6.45, 7) is 5.39. The maximum atomic E-state index is 12.7. The summed E-state index contributed by atoms with van der Waals surface area (Å²) >= 11 is 1.31. The quantitative estimate of drug-likeness (QED) is 0.194. The number of nitrogens with one attached hydrogen (secondary N) is 2. The zero-order chi connectivity index (χ0) is 28.9. The number of phenols is 1. The number of benzene rings is 2. The lowest BCUT2D eigenvalue weighted by molar-refractivity contribution is -0.116. The van der Waals surface area contributed by atoms with Crippen LogP contribution < -0.4 is 10.6 Å². The number of thiophene rings is 1. The fourth-order valence-electron chi connectivity index (χ4n) is 4.11. The number of para-hydroxylation sites is 1. The monoisotopic (exact) mass is 558 g/mol. The van der Waals surface area contributed by atoms with Gasteiger partial charge in [-0.1, -0.05) is 30.3 Å². The minimum absolute atomic E-state index is 0.000609. The topological polar surface area (TPSA) is 132 Å². The Bertz CT molecular complexity index is 1530. The summed E-state index contributed by atoms with van der Waals surface area (Å²) < 4.78 is 0. The first-order valence-corrected chi connectivity index (χ1v) is 13.5. The van der Waals surface area contributed by atoms with Gasteiger partial charge in [0.1, 0.15) is 11.6 Å². The molecule has 0 spiro atoms. The fourth-order valence-corrected chi connectivity index (χ4v) is 4.73. The minimum Gasteiger partial charge on any atom is -0.507 e. The Morgan fingerprint density at radius 2 is 1.70 bits per heavy atom. The van der Waals surface area contributed by atoms with Gasteiger partial charge in [-0.15, -0.1) is 11.3 Å². The molecule has 206 valence electrons. The summed E-state index contributed by atoms with van der Waals surface area (Å²) in [6.07, 6.45) is -1.08. The smallest absolute Gasteiger partial charge is 0.407 e. The predicted molar refractivity (Wildman–Crippen MR) is 157 cm³/mol. The molecule has 0 fully saturated rings. The molecule has 2 aromatic heterocycles. The van der Waals surface area contributed by atoms with Crippen molar-refractivity contribution in [2.24, 2.45) is 0 Å². The number of aromatic hydroxyl groups is 1. The molecule has 4 rings (SSSR count). The van der Waals surface area contributed by atoms with E-state index in [1.807, 2.05) is 11.4 Å². The standard InChI is InChI=1S/C30H30N4O5S/c1-30(2,3)34(29(38)39)14-13-27(36)31-21-9-6-8-19(16-21)20-17-23(22-10-4-5-11-24(22)35)32-26(18-20)33-28(37)25-12-7-15-40-25/h4-12,15-18,35H,13-14H2,1-3H3,(H,31,36)(H,38,39)(H,32,33,37).